The molecule has 0 amide bonds. The Morgan fingerprint density at radius 2 is 1.24 bits per heavy atom. The number of nitrogen functional groups attached to an aromatic ring is 1. The zero-order valence-corrected chi connectivity index (χ0v) is 45.8. The summed E-state index contributed by atoms with van der Waals surface area (Å²) in [7, 11) is -10.9. The molecule has 0 bridgehead atoms. The number of ether oxygens (including phenoxy) is 4. The molecule has 1 aromatic rings. The van der Waals surface area contributed by atoms with Crippen LogP contribution in [0.15, 0.2) is 77.8 Å². The molecule has 21 heteroatoms. The van der Waals surface area contributed by atoms with Crippen LogP contribution < -0.4 is 11.4 Å². The molecular weight excluding hydrogens is 997 g/mol. The van der Waals surface area contributed by atoms with Gasteiger partial charge in [-0.1, -0.05) is 165 Å². The van der Waals surface area contributed by atoms with Crippen LogP contribution in [-0.4, -0.2) is 97.9 Å². The summed E-state index contributed by atoms with van der Waals surface area (Å²) in [5.41, 5.74) is 4.59. The second kappa shape index (κ2) is 37.2. The standard InChI is InChI=1S/C53H87N3O16P2/c1-4-5-27-33-44-45(70-44)34-29-24-20-16-12-9-10-14-18-22-26-31-36-49(58)69-43(39-66-48(57)35-30-25-21-17-13-8-6-7-11-15-19-23-28-32-42(2)3)40-67-73(62,63)72-74(64,65)68-41-46-50(59)51(60)52(71-46)56-38-37-47(54)55-53(56)61/h5,10,12,14,16,22,24,26-27,29,37-38,42-46,50-52,59-60H,4,6-9,11,13,15,17-21,23,25,28,30-36,39-41H2,1-3H3,(H,62,63)(H,64,65)(H2,54,55,61)/b14-10-,16-12-,26-22-,27-5-,29-24-/t43-,44?,45?,46-,50-,51-,52-/m1/s1. The number of epoxide rings is 1. The molecule has 9 atom stereocenters. The van der Waals surface area contributed by atoms with Crippen LogP contribution in [0.5, 0.6) is 0 Å². The first-order valence-electron chi connectivity index (χ1n) is 26.8. The van der Waals surface area contributed by atoms with E-state index in [4.69, 9.17) is 33.7 Å². The fourth-order valence-corrected chi connectivity index (χ4v) is 10.1. The first-order valence-corrected chi connectivity index (χ1v) is 29.8. The van der Waals surface area contributed by atoms with Gasteiger partial charge in [-0.05, 0) is 63.4 Å². The summed E-state index contributed by atoms with van der Waals surface area (Å²) in [5, 5.41) is 20.9. The molecule has 2 aliphatic heterocycles. The van der Waals surface area contributed by atoms with Crippen molar-refractivity contribution in [3.63, 3.8) is 0 Å². The number of aliphatic hydroxyl groups excluding tert-OH is 2. The Labute approximate surface area is 438 Å². The highest BCUT2D eigenvalue weighted by atomic mass is 31.3. The van der Waals surface area contributed by atoms with E-state index in [2.05, 4.69) is 66.5 Å². The molecule has 0 saturated carbocycles. The minimum Gasteiger partial charge on any atom is -0.462 e. The first-order chi connectivity index (χ1) is 35.5. The van der Waals surface area contributed by atoms with E-state index >= 15 is 0 Å². The van der Waals surface area contributed by atoms with Gasteiger partial charge in [0.2, 0.25) is 0 Å². The van der Waals surface area contributed by atoms with Crippen LogP contribution in [0, 0.1) is 5.92 Å². The minimum absolute atomic E-state index is 0.0794. The lowest BCUT2D eigenvalue weighted by atomic mass is 10.0. The third kappa shape index (κ3) is 29.6. The third-order valence-electron chi connectivity index (χ3n) is 12.2. The average Bonchev–Trinajstić information content (AvgIpc) is 4.04. The summed E-state index contributed by atoms with van der Waals surface area (Å²) < 4.78 is 62.5. The Balaban J connectivity index is 1.40. The number of carbonyl (C=O) groups is 2. The molecule has 3 heterocycles. The number of esters is 2. The van der Waals surface area contributed by atoms with Gasteiger partial charge in [-0.15, -0.1) is 0 Å². The maximum Gasteiger partial charge on any atom is 0.481 e. The van der Waals surface area contributed by atoms with Gasteiger partial charge in [0.1, 0.15) is 30.7 Å². The molecule has 2 aliphatic rings. The molecule has 4 unspecified atom stereocenters. The summed E-state index contributed by atoms with van der Waals surface area (Å²) in [6.07, 6.45) is 36.4. The molecule has 2 saturated heterocycles. The van der Waals surface area contributed by atoms with E-state index in [0.29, 0.717) is 31.5 Å². The quantitative estimate of drug-likeness (QED) is 0.0134. The zero-order valence-electron chi connectivity index (χ0n) is 44.0. The number of aliphatic hydroxyl groups is 2. The maximum atomic E-state index is 12.9. The van der Waals surface area contributed by atoms with Gasteiger partial charge in [-0.25, -0.2) is 13.9 Å². The highest BCUT2D eigenvalue weighted by Crippen LogP contribution is 2.60. The minimum atomic E-state index is -5.45. The number of carbonyl (C=O) groups excluding carboxylic acids is 2. The zero-order chi connectivity index (χ0) is 54.0. The van der Waals surface area contributed by atoms with Crippen molar-refractivity contribution in [1.29, 1.82) is 0 Å². The maximum absolute atomic E-state index is 12.9. The van der Waals surface area contributed by atoms with Crippen LogP contribution in [0.4, 0.5) is 5.82 Å². The fraction of sp³-hybridized carbons (Fsp3) is 0.698. The van der Waals surface area contributed by atoms with Crippen molar-refractivity contribution in [2.45, 2.75) is 211 Å². The van der Waals surface area contributed by atoms with E-state index in [9.17, 15) is 43.5 Å². The molecule has 2 fully saturated rings. The predicted octanol–water partition coefficient (Wildman–Crippen LogP) is 10.3. The van der Waals surface area contributed by atoms with Crippen molar-refractivity contribution in [3.8, 4) is 0 Å². The van der Waals surface area contributed by atoms with Crippen molar-refractivity contribution < 1.29 is 71.0 Å². The monoisotopic (exact) mass is 1080 g/mol. The van der Waals surface area contributed by atoms with Crippen LogP contribution in [0.3, 0.4) is 0 Å². The molecule has 19 nitrogen and oxygen atoms in total. The van der Waals surface area contributed by atoms with Crippen LogP contribution >= 0.6 is 15.6 Å². The van der Waals surface area contributed by atoms with Gasteiger partial charge in [-0.3, -0.25) is 23.2 Å². The van der Waals surface area contributed by atoms with Gasteiger partial charge in [0, 0.05) is 19.0 Å². The molecule has 3 rings (SSSR count). The van der Waals surface area contributed by atoms with E-state index in [-0.39, 0.29) is 18.7 Å². The van der Waals surface area contributed by atoms with Crippen molar-refractivity contribution in [3.05, 3.63) is 83.5 Å². The van der Waals surface area contributed by atoms with Gasteiger partial charge >= 0.3 is 33.3 Å². The number of nitrogens with two attached hydrogens (primary N) is 1. The molecule has 0 aromatic carbocycles. The Morgan fingerprint density at radius 1 is 0.703 bits per heavy atom. The number of allylic oxidation sites excluding steroid dienone is 8. The summed E-state index contributed by atoms with van der Waals surface area (Å²) in [6.45, 7) is 4.29. The Morgan fingerprint density at radius 3 is 1.82 bits per heavy atom. The number of rotatable bonds is 42. The SMILES string of the molecule is CC/C=C\CC1OC1C/C=C\C/C=C\C/C=C\C/C=C\CCC(=O)O[C@H](COC(=O)CCCCCCCCCCCCCCCC(C)C)COP(=O)(O)OP(=O)(O)OC[C@H]1O[C@@H](n2ccc(N)nc2=O)[C@H](O)[C@@H]1O. The summed E-state index contributed by atoms with van der Waals surface area (Å²) in [4.78, 5) is 62.0. The number of aromatic nitrogens is 2. The van der Waals surface area contributed by atoms with E-state index in [0.717, 1.165) is 74.5 Å². The Hall–Kier alpha value is -3.58. The lowest BCUT2D eigenvalue weighted by Gasteiger charge is -2.21. The topological polar surface area (TPSA) is 278 Å². The molecule has 420 valence electrons. The molecule has 0 spiro atoms. The van der Waals surface area contributed by atoms with Gasteiger partial charge in [0.15, 0.2) is 12.3 Å². The van der Waals surface area contributed by atoms with Crippen LogP contribution in [-0.2, 0) is 51.0 Å². The molecular formula is C53H87N3O16P2. The molecule has 74 heavy (non-hydrogen) atoms. The van der Waals surface area contributed by atoms with Crippen LogP contribution in [0.25, 0.3) is 0 Å². The highest BCUT2D eigenvalue weighted by molar-refractivity contribution is 7.61. The number of unbranched alkanes of at least 4 members (excludes halogenated alkanes) is 12. The third-order valence-corrected chi connectivity index (χ3v) is 14.8. The van der Waals surface area contributed by atoms with Crippen molar-refractivity contribution >= 4 is 33.4 Å². The summed E-state index contributed by atoms with van der Waals surface area (Å²) >= 11 is 0. The van der Waals surface area contributed by atoms with Gasteiger partial charge < -0.3 is 44.7 Å². The second-order valence-electron chi connectivity index (χ2n) is 19.2. The van der Waals surface area contributed by atoms with Crippen molar-refractivity contribution in [2.24, 2.45) is 5.92 Å². The average molecular weight is 1080 g/mol. The second-order valence-corrected chi connectivity index (χ2v) is 22.3. The van der Waals surface area contributed by atoms with E-state index in [1.807, 2.05) is 24.3 Å². The van der Waals surface area contributed by atoms with Gasteiger partial charge in [0.05, 0.1) is 25.4 Å². The normalized spacial score (nSPS) is 22.2. The number of phosphoric ester groups is 2. The van der Waals surface area contributed by atoms with Crippen LogP contribution in [0.1, 0.15) is 175 Å². The van der Waals surface area contributed by atoms with E-state index in [1.165, 1.54) is 63.9 Å². The number of hydrogen-bond acceptors (Lipinski definition) is 16. The number of anilines is 1. The molecule has 1 aromatic heterocycles. The van der Waals surface area contributed by atoms with Gasteiger partial charge in [-0.2, -0.15) is 9.29 Å². The highest BCUT2D eigenvalue weighted by Gasteiger charge is 2.46. The van der Waals surface area contributed by atoms with E-state index in [1.54, 1.807) is 0 Å². The smallest absolute Gasteiger partial charge is 0.462 e. The van der Waals surface area contributed by atoms with Crippen molar-refractivity contribution in [2.75, 3.05) is 25.6 Å². The van der Waals surface area contributed by atoms with E-state index < -0.39 is 83.7 Å². The number of phosphoric acid groups is 2. The lowest BCUT2D eigenvalue weighted by Crippen LogP contribution is -2.36. The number of hydrogen-bond donors (Lipinski definition) is 5. The Kier molecular flexibility index (Phi) is 32.6. The van der Waals surface area contributed by atoms with Crippen LogP contribution in [0.2, 0.25) is 0 Å². The van der Waals surface area contributed by atoms with Crippen molar-refractivity contribution in [1.82, 2.24) is 9.55 Å². The lowest BCUT2D eigenvalue weighted by molar-refractivity contribution is -0.161. The predicted molar refractivity (Wildman–Crippen MR) is 283 cm³/mol. The molecule has 0 radical (unpaired) electrons. The summed E-state index contributed by atoms with van der Waals surface area (Å²) in [6, 6.07) is 1.24. The first kappa shape index (κ1) is 64.7. The fourth-order valence-electron chi connectivity index (χ4n) is 7.98. The number of nitrogens with zero attached hydrogens (tertiary/aromatic N) is 2. The summed E-state index contributed by atoms with van der Waals surface area (Å²) in [5.74, 6) is -0.617. The molecule has 6 N–H and O–H groups in total. The Bertz CT molecular complexity index is 2060. The largest absolute Gasteiger partial charge is 0.481 e. The molecule has 0 aliphatic carbocycles. The van der Waals surface area contributed by atoms with Gasteiger partial charge in [0.25, 0.3) is 0 Å².